The summed E-state index contributed by atoms with van der Waals surface area (Å²) < 4.78 is 4.41. The van der Waals surface area contributed by atoms with Gasteiger partial charge in [0.25, 0.3) is 0 Å². The molecule has 0 aromatic carbocycles. The molecule has 0 aromatic heterocycles. The van der Waals surface area contributed by atoms with Crippen LogP contribution >= 0.6 is 11.9 Å². The first-order valence-corrected chi connectivity index (χ1v) is 6.45. The van der Waals surface area contributed by atoms with Crippen molar-refractivity contribution in [2.24, 2.45) is 9.55 Å². The smallest absolute Gasteiger partial charge is 0.206 e. The third-order valence-electron chi connectivity index (χ3n) is 2.50. The van der Waals surface area contributed by atoms with Crippen molar-refractivity contribution in [1.29, 1.82) is 0 Å². The van der Waals surface area contributed by atoms with E-state index in [0.717, 1.165) is 17.0 Å². The van der Waals surface area contributed by atoms with Gasteiger partial charge in [0.2, 0.25) is 6.10 Å². The number of oxime groups is 1. The Kier molecular flexibility index (Phi) is 3.18. The lowest BCUT2D eigenvalue weighted by molar-refractivity contribution is 0.0332. The minimum absolute atomic E-state index is 0.328. The van der Waals surface area contributed by atoms with Gasteiger partial charge < -0.3 is 9.68 Å². The van der Waals surface area contributed by atoms with E-state index in [0.29, 0.717) is 5.76 Å². The second-order valence-corrected chi connectivity index (χ2v) is 4.45. The molecule has 0 amide bonds. The average molecular weight is 261 g/mol. The van der Waals surface area contributed by atoms with Crippen LogP contribution in [0.1, 0.15) is 0 Å². The van der Waals surface area contributed by atoms with Crippen molar-refractivity contribution in [2.45, 2.75) is 6.10 Å². The molecule has 5 nitrogen and oxygen atoms in total. The molecule has 0 saturated heterocycles. The Bertz CT molecular complexity index is 517. The maximum atomic E-state index is 5.45. The van der Waals surface area contributed by atoms with Crippen molar-refractivity contribution in [3.63, 3.8) is 0 Å². The van der Waals surface area contributed by atoms with Gasteiger partial charge in [-0.1, -0.05) is 11.2 Å². The number of hydrogen-bond donors (Lipinski definition) is 1. The standard InChI is InChI=1S/C12H11N3O2S/c1-4-11(16-13-6-1)12-9(5-7-14-17-12)10-3-2-8-18-15-10/h1-7,11,14H,8H2. The molecule has 0 aliphatic carbocycles. The van der Waals surface area contributed by atoms with Crippen LogP contribution in [0.25, 0.3) is 0 Å². The largest absolute Gasteiger partial charge is 0.382 e. The fourth-order valence-corrected chi connectivity index (χ4v) is 2.27. The second kappa shape index (κ2) is 5.14. The third-order valence-corrected chi connectivity index (χ3v) is 3.17. The Balaban J connectivity index is 1.95. The summed E-state index contributed by atoms with van der Waals surface area (Å²) in [4.78, 5) is 10.7. The van der Waals surface area contributed by atoms with E-state index in [4.69, 9.17) is 9.68 Å². The van der Waals surface area contributed by atoms with Crippen molar-refractivity contribution in [1.82, 2.24) is 5.48 Å². The summed E-state index contributed by atoms with van der Waals surface area (Å²) in [6.45, 7) is 0. The lowest BCUT2D eigenvalue weighted by Crippen LogP contribution is -2.25. The molecule has 1 N–H and O–H groups in total. The quantitative estimate of drug-likeness (QED) is 0.771. The molecule has 1 atom stereocenters. The summed E-state index contributed by atoms with van der Waals surface area (Å²) in [6.07, 6.45) is 12.7. The van der Waals surface area contributed by atoms with Crippen LogP contribution in [0.5, 0.6) is 0 Å². The first kappa shape index (κ1) is 11.2. The zero-order valence-electron chi connectivity index (χ0n) is 9.45. The molecule has 3 aliphatic heterocycles. The Hall–Kier alpha value is -1.95. The van der Waals surface area contributed by atoms with Gasteiger partial charge in [-0.2, -0.15) is 0 Å². The van der Waals surface area contributed by atoms with Gasteiger partial charge in [0.15, 0.2) is 5.76 Å². The lowest BCUT2D eigenvalue weighted by atomic mass is 10.0. The summed E-state index contributed by atoms with van der Waals surface area (Å²) in [6, 6.07) is 0. The van der Waals surface area contributed by atoms with E-state index < -0.39 is 0 Å². The monoisotopic (exact) mass is 261 g/mol. The van der Waals surface area contributed by atoms with Gasteiger partial charge in [-0.05, 0) is 36.3 Å². The first-order chi connectivity index (χ1) is 8.95. The molecule has 92 valence electrons. The van der Waals surface area contributed by atoms with Crippen molar-refractivity contribution >= 4 is 23.9 Å². The highest BCUT2D eigenvalue weighted by Gasteiger charge is 2.24. The number of hydroxylamine groups is 1. The molecule has 0 aromatic rings. The fraction of sp³-hybridized carbons (Fsp3) is 0.167. The summed E-state index contributed by atoms with van der Waals surface area (Å²) >= 11 is 1.51. The van der Waals surface area contributed by atoms with E-state index >= 15 is 0 Å². The molecule has 3 aliphatic rings. The van der Waals surface area contributed by atoms with Gasteiger partial charge in [0.05, 0.1) is 11.9 Å². The van der Waals surface area contributed by atoms with Gasteiger partial charge in [-0.3, -0.25) is 0 Å². The number of hydrogen-bond acceptors (Lipinski definition) is 6. The molecule has 0 fully saturated rings. The van der Waals surface area contributed by atoms with Crippen molar-refractivity contribution in [2.75, 3.05) is 5.75 Å². The summed E-state index contributed by atoms with van der Waals surface area (Å²) in [5.74, 6) is 1.57. The predicted octanol–water partition coefficient (Wildman–Crippen LogP) is 1.89. The molecule has 0 radical (unpaired) electrons. The maximum Gasteiger partial charge on any atom is 0.206 e. The normalized spacial score (nSPS) is 25.3. The molecule has 0 bridgehead atoms. The van der Waals surface area contributed by atoms with E-state index in [2.05, 4.69) is 21.1 Å². The zero-order chi connectivity index (χ0) is 12.2. The molecule has 0 spiro atoms. The van der Waals surface area contributed by atoms with E-state index in [9.17, 15) is 0 Å². The lowest BCUT2D eigenvalue weighted by Gasteiger charge is -2.22. The first-order valence-electron chi connectivity index (χ1n) is 5.51. The number of allylic oxidation sites excluding steroid dienone is 4. The average Bonchev–Trinajstić information content (AvgIpc) is 2.49. The van der Waals surface area contributed by atoms with Crippen LogP contribution < -0.4 is 5.48 Å². The zero-order valence-corrected chi connectivity index (χ0v) is 10.3. The van der Waals surface area contributed by atoms with Crippen LogP contribution in [0, 0.1) is 0 Å². The van der Waals surface area contributed by atoms with Gasteiger partial charge >= 0.3 is 0 Å². The van der Waals surface area contributed by atoms with Crippen LogP contribution in [0.15, 0.2) is 57.5 Å². The van der Waals surface area contributed by atoms with Crippen molar-refractivity contribution in [3.8, 4) is 0 Å². The molecular weight excluding hydrogens is 250 g/mol. The number of nitrogens with one attached hydrogen (secondary N) is 1. The minimum atomic E-state index is -0.328. The predicted molar refractivity (Wildman–Crippen MR) is 71.9 cm³/mol. The van der Waals surface area contributed by atoms with Crippen LogP contribution in [0.2, 0.25) is 0 Å². The fourth-order valence-electron chi connectivity index (χ4n) is 1.71. The van der Waals surface area contributed by atoms with Crippen LogP contribution in [-0.2, 0) is 9.68 Å². The van der Waals surface area contributed by atoms with E-state index in [1.165, 1.54) is 11.9 Å². The Morgan fingerprint density at radius 2 is 2.39 bits per heavy atom. The van der Waals surface area contributed by atoms with E-state index in [1.807, 2.05) is 24.3 Å². The SMILES string of the molecule is C1=CC(C2=C(C3=NSCC=C3)C=CNO2)ON=C1. The molecule has 0 saturated carbocycles. The molecule has 3 heterocycles. The highest BCUT2D eigenvalue weighted by atomic mass is 32.2. The number of nitrogens with zero attached hydrogens (tertiary/aromatic N) is 2. The summed E-state index contributed by atoms with van der Waals surface area (Å²) in [5, 5.41) is 3.77. The van der Waals surface area contributed by atoms with Crippen LogP contribution in [-0.4, -0.2) is 23.8 Å². The van der Waals surface area contributed by atoms with Crippen molar-refractivity contribution in [3.05, 3.63) is 47.9 Å². The summed E-state index contributed by atoms with van der Waals surface area (Å²) in [7, 11) is 0. The summed E-state index contributed by atoms with van der Waals surface area (Å²) in [5.41, 5.74) is 4.50. The molecule has 18 heavy (non-hydrogen) atoms. The van der Waals surface area contributed by atoms with Crippen LogP contribution in [0.3, 0.4) is 0 Å². The third kappa shape index (κ3) is 2.19. The minimum Gasteiger partial charge on any atom is -0.382 e. The van der Waals surface area contributed by atoms with Gasteiger partial charge in [-0.15, -0.1) is 0 Å². The second-order valence-electron chi connectivity index (χ2n) is 3.67. The van der Waals surface area contributed by atoms with Gasteiger partial charge in [0.1, 0.15) is 0 Å². The molecule has 1 unspecified atom stereocenters. The Morgan fingerprint density at radius 1 is 1.39 bits per heavy atom. The molecule has 3 rings (SSSR count). The Labute approximate surface area is 109 Å². The molecular formula is C12H11N3O2S. The van der Waals surface area contributed by atoms with E-state index in [-0.39, 0.29) is 6.10 Å². The van der Waals surface area contributed by atoms with Crippen LogP contribution in [0.4, 0.5) is 0 Å². The van der Waals surface area contributed by atoms with E-state index in [1.54, 1.807) is 12.4 Å². The van der Waals surface area contributed by atoms with Crippen molar-refractivity contribution < 1.29 is 9.68 Å². The van der Waals surface area contributed by atoms with Gasteiger partial charge in [-0.25, -0.2) is 9.88 Å². The topological polar surface area (TPSA) is 55.2 Å². The highest BCUT2D eigenvalue weighted by Crippen LogP contribution is 2.24. The highest BCUT2D eigenvalue weighted by molar-refractivity contribution is 7.98. The van der Waals surface area contributed by atoms with Gasteiger partial charge in [0, 0.05) is 17.5 Å². The molecule has 6 heteroatoms. The Morgan fingerprint density at radius 3 is 3.17 bits per heavy atom. The number of rotatable bonds is 2. The maximum absolute atomic E-state index is 5.45.